The quantitative estimate of drug-likeness (QED) is 0.773. The zero-order chi connectivity index (χ0) is 19.8. The average Bonchev–Trinajstić information content (AvgIpc) is 2.68. The van der Waals surface area contributed by atoms with Crippen molar-refractivity contribution in [2.45, 2.75) is 25.8 Å². The van der Waals surface area contributed by atoms with Crippen LogP contribution in [0.15, 0.2) is 35.9 Å². The Hall–Kier alpha value is -2.65. The smallest absolute Gasteiger partial charge is 0.203 e. The summed E-state index contributed by atoms with van der Waals surface area (Å²) in [6.07, 6.45) is 1.95. The Labute approximate surface area is 164 Å². The Bertz CT molecular complexity index is 913. The number of nitriles is 3. The average molecular weight is 379 g/mol. The lowest BCUT2D eigenvalue weighted by Gasteiger charge is -2.46. The Morgan fingerprint density at radius 2 is 1.89 bits per heavy atom. The van der Waals surface area contributed by atoms with Crippen molar-refractivity contribution < 1.29 is 4.90 Å². The topological polar surface area (TPSA) is 99.7 Å². The molecule has 4 atom stereocenters. The molecule has 1 heterocycles. The van der Waals surface area contributed by atoms with Gasteiger partial charge in [0.05, 0.1) is 49.0 Å². The van der Waals surface area contributed by atoms with E-state index in [-0.39, 0.29) is 17.5 Å². The van der Waals surface area contributed by atoms with Gasteiger partial charge in [-0.15, -0.1) is 0 Å². The number of benzene rings is 1. The van der Waals surface area contributed by atoms with Gasteiger partial charge in [-0.2, -0.15) is 15.8 Å². The van der Waals surface area contributed by atoms with Crippen molar-refractivity contribution in [3.63, 3.8) is 0 Å². The second kappa shape index (κ2) is 7.16. The van der Waals surface area contributed by atoms with Gasteiger partial charge in [0.25, 0.3) is 0 Å². The maximum Gasteiger partial charge on any atom is 0.203 e. The predicted octanol–water partition coefficient (Wildman–Crippen LogP) is 2.48. The highest BCUT2D eigenvalue weighted by Crippen LogP contribution is 2.52. The van der Waals surface area contributed by atoms with E-state index >= 15 is 0 Å². The number of halogens is 1. The molecule has 2 aliphatic rings. The number of nitrogens with zero attached hydrogens (tertiary/aromatic N) is 3. The van der Waals surface area contributed by atoms with E-state index in [1.807, 2.05) is 24.3 Å². The number of rotatable bonds is 2. The summed E-state index contributed by atoms with van der Waals surface area (Å²) in [5, 5.41) is 38.8. The summed E-state index contributed by atoms with van der Waals surface area (Å²) in [5.74, 6) is -1.39. The van der Waals surface area contributed by atoms with Gasteiger partial charge in [0.1, 0.15) is 0 Å². The summed E-state index contributed by atoms with van der Waals surface area (Å²) in [6.45, 7) is 5.67. The molecule has 1 aliphatic heterocycles. The molecule has 0 spiro atoms. The van der Waals surface area contributed by atoms with E-state index in [2.05, 4.69) is 32.1 Å². The first-order chi connectivity index (χ1) is 12.9. The monoisotopic (exact) mass is 378 g/mol. The molecular weight excluding hydrogens is 358 g/mol. The van der Waals surface area contributed by atoms with E-state index in [1.54, 1.807) is 6.07 Å². The molecule has 5 nitrogen and oxygen atoms in total. The van der Waals surface area contributed by atoms with Gasteiger partial charge in [-0.3, -0.25) is 0 Å². The maximum atomic E-state index is 9.89. The van der Waals surface area contributed by atoms with Gasteiger partial charge in [0, 0.05) is 16.9 Å². The molecule has 1 saturated carbocycles. The molecule has 136 valence electrons. The number of hydrogen-bond donors (Lipinski definition) is 2. The molecule has 0 amide bonds. The Kier molecular flexibility index (Phi) is 5.07. The summed E-state index contributed by atoms with van der Waals surface area (Å²) in [7, 11) is 0. The lowest BCUT2D eigenvalue weighted by molar-refractivity contribution is -0.920. The van der Waals surface area contributed by atoms with E-state index in [0.717, 1.165) is 5.56 Å². The fraction of sp³-hybridized carbons (Fsp3) is 0.429. The number of quaternary nitrogens is 1. The molecule has 2 N–H and O–H groups in total. The highest BCUT2D eigenvalue weighted by Gasteiger charge is 2.57. The highest BCUT2D eigenvalue weighted by molar-refractivity contribution is 6.31. The van der Waals surface area contributed by atoms with E-state index in [4.69, 9.17) is 17.0 Å². The predicted molar refractivity (Wildman–Crippen MR) is 102 cm³/mol. The van der Waals surface area contributed by atoms with Crippen molar-refractivity contribution in [2.75, 3.05) is 13.1 Å². The van der Waals surface area contributed by atoms with Gasteiger partial charge < -0.3 is 10.3 Å². The van der Waals surface area contributed by atoms with Crippen LogP contribution in [0.1, 0.15) is 25.3 Å². The van der Waals surface area contributed by atoms with Crippen molar-refractivity contribution >= 4 is 17.3 Å². The van der Waals surface area contributed by atoms with Crippen molar-refractivity contribution in [1.29, 1.82) is 21.2 Å². The molecule has 27 heavy (non-hydrogen) atoms. The van der Waals surface area contributed by atoms with Gasteiger partial charge in [-0.1, -0.05) is 29.8 Å². The van der Waals surface area contributed by atoms with Crippen molar-refractivity contribution in [1.82, 2.24) is 0 Å². The maximum absolute atomic E-state index is 9.89. The molecule has 1 unspecified atom stereocenters. The van der Waals surface area contributed by atoms with Crippen LogP contribution in [0, 0.1) is 56.7 Å². The first-order valence-electron chi connectivity index (χ1n) is 9.01. The molecule has 1 aliphatic carbocycles. The Morgan fingerprint density at radius 3 is 2.44 bits per heavy atom. The van der Waals surface area contributed by atoms with Crippen LogP contribution >= 0.6 is 11.6 Å². The molecule has 0 aromatic heterocycles. The number of hydrogen-bond acceptors (Lipinski definition) is 4. The molecule has 3 rings (SSSR count). The standard InChI is InChI=1S/C21H20ClN5/c1-13(2)27-8-7-17-16(10-27)19(14-5-3-4-6-18(14)22)15(9-23)20(26)21(17,11-24)12-25/h3-7,13,15-16,19,26H,8,10H2,1-2H3/p+1/t15-,16+,19+/m0/s1. The first-order valence-corrected chi connectivity index (χ1v) is 9.39. The van der Waals surface area contributed by atoms with Crippen molar-refractivity contribution in [2.24, 2.45) is 17.3 Å². The zero-order valence-electron chi connectivity index (χ0n) is 15.3. The molecule has 6 heteroatoms. The van der Waals surface area contributed by atoms with Crippen LogP contribution in [-0.2, 0) is 0 Å². The van der Waals surface area contributed by atoms with Crippen LogP contribution in [0.3, 0.4) is 0 Å². The zero-order valence-corrected chi connectivity index (χ0v) is 16.1. The van der Waals surface area contributed by atoms with Crippen LogP contribution < -0.4 is 4.90 Å². The van der Waals surface area contributed by atoms with E-state index in [1.165, 1.54) is 4.90 Å². The third-order valence-corrected chi connectivity index (χ3v) is 6.31. The highest BCUT2D eigenvalue weighted by atomic mass is 35.5. The van der Waals surface area contributed by atoms with Gasteiger partial charge in [0.2, 0.25) is 5.41 Å². The summed E-state index contributed by atoms with van der Waals surface area (Å²) < 4.78 is 0. The molecule has 0 radical (unpaired) electrons. The minimum absolute atomic E-state index is 0.129. The Morgan fingerprint density at radius 1 is 1.22 bits per heavy atom. The summed E-state index contributed by atoms with van der Waals surface area (Å²) in [4.78, 5) is 1.33. The minimum atomic E-state index is -1.66. The van der Waals surface area contributed by atoms with Gasteiger partial charge in [-0.05, 0) is 37.1 Å². The summed E-state index contributed by atoms with van der Waals surface area (Å²) >= 11 is 6.46. The van der Waals surface area contributed by atoms with E-state index < -0.39 is 11.3 Å². The Balaban J connectivity index is 2.25. The van der Waals surface area contributed by atoms with Crippen LogP contribution in [0.2, 0.25) is 5.02 Å². The fourth-order valence-corrected chi connectivity index (χ4v) is 4.71. The van der Waals surface area contributed by atoms with E-state index in [9.17, 15) is 15.8 Å². The fourth-order valence-electron chi connectivity index (χ4n) is 4.45. The normalized spacial score (nSPS) is 29.1. The number of fused-ring (bicyclic) bond motifs is 1. The minimum Gasteiger partial charge on any atom is -0.329 e. The summed E-state index contributed by atoms with van der Waals surface area (Å²) in [5.41, 5.74) is -0.319. The largest absolute Gasteiger partial charge is 0.329 e. The molecule has 0 saturated heterocycles. The molecule has 1 aromatic rings. The molecule has 0 bridgehead atoms. The number of nitrogens with one attached hydrogen (secondary N) is 2. The summed E-state index contributed by atoms with van der Waals surface area (Å²) in [6, 6.07) is 14.1. The third kappa shape index (κ3) is 2.83. The second-order valence-electron chi connectivity index (χ2n) is 7.53. The van der Waals surface area contributed by atoms with Crippen LogP contribution in [0.5, 0.6) is 0 Å². The second-order valence-corrected chi connectivity index (χ2v) is 7.94. The molecule has 1 fully saturated rings. The lowest BCUT2D eigenvalue weighted by atomic mass is 9.55. The van der Waals surface area contributed by atoms with Gasteiger partial charge in [0.15, 0.2) is 0 Å². The van der Waals surface area contributed by atoms with Crippen LogP contribution in [-0.4, -0.2) is 24.8 Å². The first kappa shape index (κ1) is 19.1. The third-order valence-electron chi connectivity index (χ3n) is 5.96. The lowest BCUT2D eigenvalue weighted by Crippen LogP contribution is -3.16. The van der Waals surface area contributed by atoms with Gasteiger partial charge in [-0.25, -0.2) is 0 Å². The van der Waals surface area contributed by atoms with Crippen molar-refractivity contribution in [3.05, 3.63) is 46.5 Å². The SMILES string of the molecule is CC(C)[NH+]1CC=C2[C@@H](C1)[C@H](c1ccccc1Cl)[C@H](C#N)C(=N)C2(C#N)C#N. The van der Waals surface area contributed by atoms with Crippen LogP contribution in [0.25, 0.3) is 0 Å². The molecular formula is C21H21ClN5+. The van der Waals surface area contributed by atoms with Gasteiger partial charge >= 0.3 is 0 Å². The van der Waals surface area contributed by atoms with E-state index in [0.29, 0.717) is 29.7 Å². The van der Waals surface area contributed by atoms with Crippen LogP contribution in [0.4, 0.5) is 0 Å². The van der Waals surface area contributed by atoms with Crippen molar-refractivity contribution in [3.8, 4) is 18.2 Å². The molecule has 1 aromatic carbocycles.